The summed E-state index contributed by atoms with van der Waals surface area (Å²) in [6.07, 6.45) is 14.7. The summed E-state index contributed by atoms with van der Waals surface area (Å²) in [6.45, 7) is 2.09. The molecule has 3 heteroatoms. The summed E-state index contributed by atoms with van der Waals surface area (Å²) in [5.74, 6) is 1.49. The maximum Gasteiger partial charge on any atom is 0.200 e. The highest BCUT2D eigenvalue weighted by Gasteiger charge is 2.25. The van der Waals surface area contributed by atoms with Crippen LogP contribution in [0.1, 0.15) is 83.1 Å². The predicted molar refractivity (Wildman–Crippen MR) is 101 cm³/mol. The average Bonchev–Trinajstić information content (AvgIpc) is 2.65. The van der Waals surface area contributed by atoms with E-state index in [4.69, 9.17) is 9.47 Å². The molecule has 140 valence electrons. The third-order valence-electron chi connectivity index (χ3n) is 5.84. The highest BCUT2D eigenvalue weighted by molar-refractivity contribution is 5.41. The minimum Gasteiger partial charge on any atom is -0.504 e. The van der Waals surface area contributed by atoms with Crippen LogP contribution < -0.4 is 4.74 Å². The first kappa shape index (κ1) is 18.6. The quantitative estimate of drug-likeness (QED) is 0.617. The Labute approximate surface area is 152 Å². The Kier molecular flexibility index (Phi) is 7.03. The average molecular weight is 347 g/mol. The van der Waals surface area contributed by atoms with E-state index in [1.807, 2.05) is 18.2 Å². The second-order valence-electron chi connectivity index (χ2n) is 7.84. The van der Waals surface area contributed by atoms with Gasteiger partial charge in [-0.15, -0.1) is 0 Å². The first-order chi connectivity index (χ1) is 12.2. The van der Waals surface area contributed by atoms with Gasteiger partial charge < -0.3 is 14.6 Å². The number of phenols is 1. The monoisotopic (exact) mass is 346 g/mol. The van der Waals surface area contributed by atoms with Gasteiger partial charge in [0.1, 0.15) is 0 Å². The van der Waals surface area contributed by atoms with Crippen LogP contribution in [0.25, 0.3) is 0 Å². The number of benzene rings is 1. The largest absolute Gasteiger partial charge is 0.504 e. The Bertz CT molecular complexity index is 496. The zero-order valence-corrected chi connectivity index (χ0v) is 15.7. The standard InChI is InChI=1S/C22H34O3/c1-2-17-13-14-21(20(23)15-17)25-22(16-18-9-5-3-6-10-18)24-19-11-7-4-8-12-19/h13-15,18-19,22-23H,2-12,16H2,1H3. The smallest absolute Gasteiger partial charge is 0.200 e. The first-order valence-corrected chi connectivity index (χ1v) is 10.4. The topological polar surface area (TPSA) is 38.7 Å². The molecule has 1 unspecified atom stereocenters. The summed E-state index contributed by atoms with van der Waals surface area (Å²) in [7, 11) is 0. The molecule has 1 aromatic rings. The van der Waals surface area contributed by atoms with Crippen molar-refractivity contribution < 1.29 is 14.6 Å². The summed E-state index contributed by atoms with van der Waals surface area (Å²) in [5, 5.41) is 10.3. The van der Waals surface area contributed by atoms with Gasteiger partial charge in [-0.05, 0) is 42.9 Å². The molecule has 2 fully saturated rings. The zero-order chi connectivity index (χ0) is 17.5. The molecule has 2 aliphatic rings. The molecule has 1 atom stereocenters. The van der Waals surface area contributed by atoms with Crippen LogP contribution in [0.4, 0.5) is 0 Å². The zero-order valence-electron chi connectivity index (χ0n) is 15.7. The first-order valence-electron chi connectivity index (χ1n) is 10.4. The Morgan fingerprint density at radius 1 is 1.00 bits per heavy atom. The molecule has 1 aromatic carbocycles. The van der Waals surface area contributed by atoms with E-state index < -0.39 is 0 Å². The van der Waals surface area contributed by atoms with Gasteiger partial charge in [-0.2, -0.15) is 0 Å². The van der Waals surface area contributed by atoms with E-state index in [0.717, 1.165) is 31.2 Å². The van der Waals surface area contributed by atoms with E-state index in [1.165, 1.54) is 51.4 Å². The molecule has 25 heavy (non-hydrogen) atoms. The van der Waals surface area contributed by atoms with E-state index in [2.05, 4.69) is 6.92 Å². The number of hydrogen-bond acceptors (Lipinski definition) is 3. The number of ether oxygens (including phenoxy) is 2. The molecular formula is C22H34O3. The molecule has 0 bridgehead atoms. The summed E-state index contributed by atoms with van der Waals surface area (Å²) >= 11 is 0. The fourth-order valence-corrected chi connectivity index (χ4v) is 4.27. The Balaban J connectivity index is 1.65. The van der Waals surface area contributed by atoms with Crippen molar-refractivity contribution in [3.05, 3.63) is 23.8 Å². The second kappa shape index (κ2) is 9.47. The van der Waals surface area contributed by atoms with Gasteiger partial charge in [0.15, 0.2) is 11.5 Å². The molecule has 0 aromatic heterocycles. The van der Waals surface area contributed by atoms with Crippen molar-refractivity contribution in [2.45, 2.75) is 96.4 Å². The molecule has 1 N–H and O–H groups in total. The maximum absolute atomic E-state index is 10.3. The lowest BCUT2D eigenvalue weighted by molar-refractivity contribution is -0.139. The molecule has 0 amide bonds. The number of hydrogen-bond donors (Lipinski definition) is 1. The molecule has 3 rings (SSSR count). The molecular weight excluding hydrogens is 312 g/mol. The van der Waals surface area contributed by atoms with Crippen molar-refractivity contribution >= 4 is 0 Å². The van der Waals surface area contributed by atoms with Gasteiger partial charge in [-0.3, -0.25) is 0 Å². The van der Waals surface area contributed by atoms with Gasteiger partial charge in [0.05, 0.1) is 6.10 Å². The molecule has 0 radical (unpaired) electrons. The lowest BCUT2D eigenvalue weighted by Gasteiger charge is -2.31. The maximum atomic E-state index is 10.3. The van der Waals surface area contributed by atoms with Crippen LogP contribution in [0.5, 0.6) is 11.5 Å². The summed E-state index contributed by atoms with van der Waals surface area (Å²) in [5.41, 5.74) is 1.13. The predicted octanol–water partition coefficient (Wildman–Crippen LogP) is 5.98. The van der Waals surface area contributed by atoms with Crippen molar-refractivity contribution in [2.24, 2.45) is 5.92 Å². The number of rotatable bonds is 7. The Morgan fingerprint density at radius 3 is 2.32 bits per heavy atom. The molecule has 0 aliphatic heterocycles. The lowest BCUT2D eigenvalue weighted by Crippen LogP contribution is -2.31. The van der Waals surface area contributed by atoms with Crippen molar-refractivity contribution in [1.82, 2.24) is 0 Å². The van der Waals surface area contributed by atoms with Crippen LogP contribution >= 0.6 is 0 Å². The van der Waals surface area contributed by atoms with Crippen molar-refractivity contribution in [3.8, 4) is 11.5 Å². The normalized spacial score (nSPS) is 21.2. The molecule has 2 aliphatic carbocycles. The second-order valence-corrected chi connectivity index (χ2v) is 7.84. The van der Waals surface area contributed by atoms with E-state index >= 15 is 0 Å². The van der Waals surface area contributed by atoms with E-state index in [1.54, 1.807) is 0 Å². The van der Waals surface area contributed by atoms with Crippen LogP contribution in [-0.2, 0) is 11.2 Å². The van der Waals surface area contributed by atoms with Gasteiger partial charge in [-0.25, -0.2) is 0 Å². The van der Waals surface area contributed by atoms with E-state index in [9.17, 15) is 5.11 Å². The van der Waals surface area contributed by atoms with E-state index in [0.29, 0.717) is 17.8 Å². The van der Waals surface area contributed by atoms with Crippen LogP contribution in [0, 0.1) is 5.92 Å². The highest BCUT2D eigenvalue weighted by atomic mass is 16.7. The SMILES string of the molecule is CCc1ccc(OC(CC2CCCCC2)OC2CCCCC2)c(O)c1. The van der Waals surface area contributed by atoms with Gasteiger partial charge in [0.2, 0.25) is 6.29 Å². The van der Waals surface area contributed by atoms with Crippen LogP contribution in [0.2, 0.25) is 0 Å². The third-order valence-corrected chi connectivity index (χ3v) is 5.84. The minimum atomic E-state index is -0.232. The van der Waals surface area contributed by atoms with Gasteiger partial charge in [0.25, 0.3) is 0 Å². The molecule has 0 saturated heterocycles. The van der Waals surface area contributed by atoms with Gasteiger partial charge in [0, 0.05) is 6.42 Å². The van der Waals surface area contributed by atoms with Crippen molar-refractivity contribution in [1.29, 1.82) is 0 Å². The lowest BCUT2D eigenvalue weighted by atomic mass is 9.87. The summed E-state index contributed by atoms with van der Waals surface area (Å²) in [4.78, 5) is 0. The fourth-order valence-electron chi connectivity index (χ4n) is 4.27. The van der Waals surface area contributed by atoms with Gasteiger partial charge >= 0.3 is 0 Å². The fraction of sp³-hybridized carbons (Fsp3) is 0.727. The van der Waals surface area contributed by atoms with Crippen molar-refractivity contribution in [3.63, 3.8) is 0 Å². The Hall–Kier alpha value is -1.22. The van der Waals surface area contributed by atoms with Crippen LogP contribution in [-0.4, -0.2) is 17.5 Å². The van der Waals surface area contributed by atoms with E-state index in [-0.39, 0.29) is 12.0 Å². The molecule has 0 spiro atoms. The third kappa shape index (κ3) is 5.64. The van der Waals surface area contributed by atoms with Crippen LogP contribution in [0.15, 0.2) is 18.2 Å². The van der Waals surface area contributed by atoms with Crippen molar-refractivity contribution in [2.75, 3.05) is 0 Å². The van der Waals surface area contributed by atoms with Crippen LogP contribution in [0.3, 0.4) is 0 Å². The number of phenolic OH excluding ortho intramolecular Hbond substituents is 1. The molecule has 3 nitrogen and oxygen atoms in total. The molecule has 2 saturated carbocycles. The van der Waals surface area contributed by atoms with Gasteiger partial charge in [-0.1, -0.05) is 64.4 Å². The Morgan fingerprint density at radius 2 is 1.68 bits per heavy atom. The highest BCUT2D eigenvalue weighted by Crippen LogP contribution is 2.33. The molecule has 0 heterocycles. The summed E-state index contributed by atoms with van der Waals surface area (Å²) < 4.78 is 12.6. The minimum absolute atomic E-state index is 0.232. The summed E-state index contributed by atoms with van der Waals surface area (Å²) in [6, 6.07) is 5.74. The number of aromatic hydroxyl groups is 1. The number of aryl methyl sites for hydroxylation is 1.